The standard InChI is InChI=1S/C16H12Cl2F2N2O/c1-23-11-5-3-9(19)12(15(11)20)16-13-10(21-6-7-22-16)4-2-8(17)14(13)18/h2-5,21H,6-7H2,1H3. The van der Waals surface area contributed by atoms with Crippen LogP contribution in [0.3, 0.4) is 0 Å². The third kappa shape index (κ3) is 2.75. The average Bonchev–Trinajstić information content (AvgIpc) is 2.74. The number of methoxy groups -OCH3 is 1. The van der Waals surface area contributed by atoms with E-state index in [9.17, 15) is 8.78 Å². The number of benzene rings is 2. The SMILES string of the molecule is COc1ccc(F)c(C2=NCCNc3ccc(Cl)c(Cl)c32)c1F. The summed E-state index contributed by atoms with van der Waals surface area (Å²) in [4.78, 5) is 4.31. The second-order valence-corrected chi connectivity index (χ2v) is 5.66. The Bertz CT molecular complexity index is 809. The number of benzodiazepines with no additional fused rings is 1. The van der Waals surface area contributed by atoms with Crippen molar-refractivity contribution in [1.82, 2.24) is 0 Å². The van der Waals surface area contributed by atoms with E-state index in [2.05, 4.69) is 10.3 Å². The highest BCUT2D eigenvalue weighted by molar-refractivity contribution is 6.45. The molecule has 1 N–H and O–H groups in total. The number of halogens is 4. The first-order valence-electron chi connectivity index (χ1n) is 6.83. The number of ether oxygens (including phenoxy) is 1. The Hall–Kier alpha value is -1.85. The highest BCUT2D eigenvalue weighted by Crippen LogP contribution is 2.36. The number of fused-ring (bicyclic) bond motifs is 1. The van der Waals surface area contributed by atoms with Crippen molar-refractivity contribution in [2.45, 2.75) is 0 Å². The predicted molar refractivity (Wildman–Crippen MR) is 88.4 cm³/mol. The Balaban J connectivity index is 2.31. The molecule has 0 fully saturated rings. The molecule has 23 heavy (non-hydrogen) atoms. The summed E-state index contributed by atoms with van der Waals surface area (Å²) in [5, 5.41) is 3.60. The molecule has 1 aliphatic rings. The van der Waals surface area contributed by atoms with E-state index in [4.69, 9.17) is 27.9 Å². The summed E-state index contributed by atoms with van der Waals surface area (Å²) in [7, 11) is 1.31. The highest BCUT2D eigenvalue weighted by atomic mass is 35.5. The van der Waals surface area contributed by atoms with Gasteiger partial charge in [0, 0.05) is 17.8 Å². The number of rotatable bonds is 2. The van der Waals surface area contributed by atoms with Gasteiger partial charge in [0.2, 0.25) is 0 Å². The van der Waals surface area contributed by atoms with E-state index in [1.54, 1.807) is 12.1 Å². The maximum atomic E-state index is 14.6. The van der Waals surface area contributed by atoms with Crippen LogP contribution < -0.4 is 10.1 Å². The molecule has 3 nitrogen and oxygen atoms in total. The second-order valence-electron chi connectivity index (χ2n) is 4.88. The lowest BCUT2D eigenvalue weighted by atomic mass is 9.99. The van der Waals surface area contributed by atoms with Crippen LogP contribution in [-0.4, -0.2) is 25.9 Å². The van der Waals surface area contributed by atoms with E-state index < -0.39 is 11.6 Å². The van der Waals surface area contributed by atoms with Gasteiger partial charge in [0.1, 0.15) is 5.82 Å². The molecule has 0 spiro atoms. The third-order valence-corrected chi connectivity index (χ3v) is 4.35. The molecule has 0 saturated heterocycles. The zero-order chi connectivity index (χ0) is 16.6. The number of hydrogen-bond donors (Lipinski definition) is 1. The summed E-state index contributed by atoms with van der Waals surface area (Å²) < 4.78 is 33.9. The molecular weight excluding hydrogens is 345 g/mol. The fourth-order valence-corrected chi connectivity index (χ4v) is 2.89. The monoisotopic (exact) mass is 356 g/mol. The first-order chi connectivity index (χ1) is 11.0. The van der Waals surface area contributed by atoms with Crippen molar-refractivity contribution in [2.75, 3.05) is 25.5 Å². The van der Waals surface area contributed by atoms with Crippen LogP contribution in [0.25, 0.3) is 0 Å². The minimum atomic E-state index is -0.824. The number of hydrogen-bond acceptors (Lipinski definition) is 3. The van der Waals surface area contributed by atoms with Gasteiger partial charge in [-0.05, 0) is 24.3 Å². The van der Waals surface area contributed by atoms with Gasteiger partial charge in [-0.2, -0.15) is 0 Å². The smallest absolute Gasteiger partial charge is 0.177 e. The van der Waals surface area contributed by atoms with Crippen LogP contribution in [0.2, 0.25) is 10.0 Å². The van der Waals surface area contributed by atoms with Gasteiger partial charge in [0.25, 0.3) is 0 Å². The zero-order valence-electron chi connectivity index (χ0n) is 12.1. The molecule has 7 heteroatoms. The first-order valence-corrected chi connectivity index (χ1v) is 7.59. The van der Waals surface area contributed by atoms with E-state index in [1.165, 1.54) is 13.2 Å². The normalized spacial score (nSPS) is 13.7. The minimum absolute atomic E-state index is 0.0685. The Morgan fingerprint density at radius 1 is 1.13 bits per heavy atom. The Labute approximate surface area is 141 Å². The van der Waals surface area contributed by atoms with Crippen molar-refractivity contribution in [3.8, 4) is 5.75 Å². The van der Waals surface area contributed by atoms with Crippen LogP contribution in [-0.2, 0) is 0 Å². The van der Waals surface area contributed by atoms with Gasteiger partial charge in [0.15, 0.2) is 11.6 Å². The number of anilines is 1. The molecule has 0 saturated carbocycles. The van der Waals surface area contributed by atoms with Crippen molar-refractivity contribution < 1.29 is 13.5 Å². The van der Waals surface area contributed by atoms with Crippen molar-refractivity contribution in [3.05, 3.63) is 57.1 Å². The molecule has 0 amide bonds. The Morgan fingerprint density at radius 2 is 1.91 bits per heavy atom. The molecule has 0 atom stereocenters. The molecule has 2 aromatic rings. The maximum absolute atomic E-state index is 14.6. The predicted octanol–water partition coefficient (Wildman–Crippen LogP) is 4.54. The second kappa shape index (κ2) is 6.34. The molecule has 120 valence electrons. The molecule has 0 aliphatic carbocycles. The average molecular weight is 357 g/mol. The lowest BCUT2D eigenvalue weighted by Gasteiger charge is -2.15. The number of nitrogens with one attached hydrogen (secondary N) is 1. The van der Waals surface area contributed by atoms with Crippen LogP contribution in [0.4, 0.5) is 14.5 Å². The highest BCUT2D eigenvalue weighted by Gasteiger charge is 2.26. The van der Waals surface area contributed by atoms with Gasteiger partial charge in [-0.15, -0.1) is 0 Å². The van der Waals surface area contributed by atoms with E-state index >= 15 is 0 Å². The van der Waals surface area contributed by atoms with Gasteiger partial charge in [-0.25, -0.2) is 8.78 Å². The number of nitrogens with zero attached hydrogens (tertiary/aromatic N) is 1. The van der Waals surface area contributed by atoms with E-state index in [1.807, 2.05) is 0 Å². The van der Waals surface area contributed by atoms with Crippen LogP contribution in [0.15, 0.2) is 29.3 Å². The Kier molecular flexibility index (Phi) is 4.41. The van der Waals surface area contributed by atoms with Gasteiger partial charge in [0.05, 0.1) is 35.0 Å². The van der Waals surface area contributed by atoms with Crippen LogP contribution in [0.5, 0.6) is 5.75 Å². The first kappa shape index (κ1) is 16.0. The molecular formula is C16H12Cl2F2N2O. The van der Waals surface area contributed by atoms with Crippen molar-refractivity contribution >= 4 is 34.6 Å². The molecule has 0 bridgehead atoms. The molecule has 0 radical (unpaired) electrons. The van der Waals surface area contributed by atoms with Crippen molar-refractivity contribution in [2.24, 2.45) is 4.99 Å². The molecule has 1 heterocycles. The number of aliphatic imine (C=N–C) groups is 1. The van der Waals surface area contributed by atoms with Crippen molar-refractivity contribution in [3.63, 3.8) is 0 Å². The summed E-state index contributed by atoms with van der Waals surface area (Å²) in [6.45, 7) is 0.857. The lowest BCUT2D eigenvalue weighted by Crippen LogP contribution is -2.12. The summed E-state index contributed by atoms with van der Waals surface area (Å²) >= 11 is 12.3. The lowest BCUT2D eigenvalue weighted by molar-refractivity contribution is 0.383. The minimum Gasteiger partial charge on any atom is -0.494 e. The van der Waals surface area contributed by atoms with Gasteiger partial charge < -0.3 is 10.1 Å². The van der Waals surface area contributed by atoms with Crippen molar-refractivity contribution in [1.29, 1.82) is 0 Å². The van der Waals surface area contributed by atoms with Gasteiger partial charge in [-0.3, -0.25) is 4.99 Å². The van der Waals surface area contributed by atoms with Crippen LogP contribution in [0.1, 0.15) is 11.1 Å². The summed E-state index contributed by atoms with van der Waals surface area (Å²) in [6, 6.07) is 5.69. The molecule has 1 aliphatic heterocycles. The summed E-state index contributed by atoms with van der Waals surface area (Å²) in [5.74, 6) is -1.64. The van der Waals surface area contributed by atoms with Gasteiger partial charge >= 0.3 is 0 Å². The van der Waals surface area contributed by atoms with E-state index in [0.29, 0.717) is 24.3 Å². The largest absolute Gasteiger partial charge is 0.494 e. The van der Waals surface area contributed by atoms with Gasteiger partial charge in [-0.1, -0.05) is 23.2 Å². The summed E-state index contributed by atoms with van der Waals surface area (Å²) in [6.07, 6.45) is 0. The fraction of sp³-hybridized carbons (Fsp3) is 0.188. The maximum Gasteiger partial charge on any atom is 0.177 e. The fourth-order valence-electron chi connectivity index (χ4n) is 2.48. The van der Waals surface area contributed by atoms with E-state index in [-0.39, 0.29) is 27.1 Å². The molecule has 0 unspecified atom stereocenters. The van der Waals surface area contributed by atoms with Crippen LogP contribution >= 0.6 is 23.2 Å². The Morgan fingerprint density at radius 3 is 2.65 bits per heavy atom. The van der Waals surface area contributed by atoms with Crippen LogP contribution in [0, 0.1) is 11.6 Å². The summed E-state index contributed by atoms with van der Waals surface area (Å²) in [5.41, 5.74) is 0.838. The molecule has 2 aromatic carbocycles. The molecule has 0 aromatic heterocycles. The topological polar surface area (TPSA) is 33.6 Å². The van der Waals surface area contributed by atoms with E-state index in [0.717, 1.165) is 6.07 Å². The zero-order valence-corrected chi connectivity index (χ0v) is 13.6. The third-order valence-electron chi connectivity index (χ3n) is 3.54. The quantitative estimate of drug-likeness (QED) is 0.856. The molecule has 3 rings (SSSR count).